The molecule has 0 aromatic carbocycles. The van der Waals surface area contributed by atoms with Crippen LogP contribution in [0.5, 0.6) is 0 Å². The van der Waals surface area contributed by atoms with Gasteiger partial charge in [-0.1, -0.05) is 23.2 Å². The minimum Gasteiger partial charge on any atom is -0.254 e. The molecule has 12 heavy (non-hydrogen) atoms. The number of nitrogens with zero attached hydrogens (tertiary/aromatic N) is 2. The van der Waals surface area contributed by atoms with Crippen molar-refractivity contribution in [2.45, 2.75) is 0 Å². The van der Waals surface area contributed by atoms with E-state index < -0.39 is 0 Å². The van der Waals surface area contributed by atoms with E-state index in [4.69, 9.17) is 23.2 Å². The summed E-state index contributed by atoms with van der Waals surface area (Å²) < 4.78 is 0. The van der Waals surface area contributed by atoms with E-state index in [0.29, 0.717) is 15.6 Å². The minimum atomic E-state index is 0.567. The van der Waals surface area contributed by atoms with Gasteiger partial charge in [0.15, 0.2) is 0 Å². The second-order valence-corrected chi connectivity index (χ2v) is 3.16. The Bertz CT molecular complexity index is 428. The first-order valence-electron chi connectivity index (χ1n) is 3.33. The maximum atomic E-state index is 5.86. The van der Waals surface area contributed by atoms with Gasteiger partial charge in [-0.3, -0.25) is 9.97 Å². The van der Waals surface area contributed by atoms with Gasteiger partial charge in [0.25, 0.3) is 0 Å². The van der Waals surface area contributed by atoms with E-state index in [-0.39, 0.29) is 0 Å². The van der Waals surface area contributed by atoms with Crippen LogP contribution in [0.2, 0.25) is 10.0 Å². The van der Waals surface area contributed by atoms with E-state index in [1.54, 1.807) is 24.5 Å². The van der Waals surface area contributed by atoms with Crippen molar-refractivity contribution in [2.24, 2.45) is 0 Å². The Morgan fingerprint density at radius 1 is 1.17 bits per heavy atom. The molecule has 2 aromatic rings. The Morgan fingerprint density at radius 2 is 2.00 bits per heavy atom. The molecule has 4 heteroatoms. The van der Waals surface area contributed by atoms with Crippen LogP contribution in [0.25, 0.3) is 11.0 Å². The molecule has 2 rings (SSSR count). The van der Waals surface area contributed by atoms with Gasteiger partial charge in [0, 0.05) is 12.4 Å². The lowest BCUT2D eigenvalue weighted by Gasteiger charge is -1.97. The SMILES string of the molecule is Clc1cnc2c(Cl)ccnc2c1. The molecule has 0 bridgehead atoms. The van der Waals surface area contributed by atoms with E-state index in [9.17, 15) is 0 Å². The van der Waals surface area contributed by atoms with Gasteiger partial charge in [-0.05, 0) is 12.1 Å². The number of pyridine rings is 2. The van der Waals surface area contributed by atoms with Crippen molar-refractivity contribution in [1.29, 1.82) is 0 Å². The molecular formula is C8H4Cl2N2. The first-order valence-corrected chi connectivity index (χ1v) is 4.09. The number of hydrogen-bond acceptors (Lipinski definition) is 2. The van der Waals surface area contributed by atoms with Crippen molar-refractivity contribution in [3.63, 3.8) is 0 Å². The lowest BCUT2D eigenvalue weighted by Crippen LogP contribution is -1.82. The molecular weight excluding hydrogens is 195 g/mol. The molecule has 0 aliphatic heterocycles. The van der Waals surface area contributed by atoms with E-state index >= 15 is 0 Å². The van der Waals surface area contributed by atoms with Crippen LogP contribution in [0, 0.1) is 0 Å². The van der Waals surface area contributed by atoms with Crippen molar-refractivity contribution in [3.05, 3.63) is 34.6 Å². The summed E-state index contributed by atoms with van der Waals surface area (Å²) in [4.78, 5) is 8.13. The number of aromatic nitrogens is 2. The molecule has 0 aliphatic rings. The van der Waals surface area contributed by atoms with E-state index in [1.807, 2.05) is 0 Å². The molecule has 0 unspecified atom stereocenters. The zero-order chi connectivity index (χ0) is 8.55. The molecule has 0 spiro atoms. The second kappa shape index (κ2) is 2.88. The maximum absolute atomic E-state index is 5.86. The Morgan fingerprint density at radius 3 is 2.83 bits per heavy atom. The number of rotatable bonds is 0. The summed E-state index contributed by atoms with van der Waals surface area (Å²) in [5.41, 5.74) is 1.40. The highest BCUT2D eigenvalue weighted by atomic mass is 35.5. The van der Waals surface area contributed by atoms with Crippen LogP contribution in [-0.2, 0) is 0 Å². The third kappa shape index (κ3) is 1.24. The summed E-state index contributed by atoms with van der Waals surface area (Å²) in [5.74, 6) is 0. The zero-order valence-corrected chi connectivity index (χ0v) is 7.47. The Kier molecular flexibility index (Phi) is 1.87. The highest BCUT2D eigenvalue weighted by molar-refractivity contribution is 6.35. The fraction of sp³-hybridized carbons (Fsp3) is 0. The van der Waals surface area contributed by atoms with Crippen LogP contribution in [-0.4, -0.2) is 9.97 Å². The first-order chi connectivity index (χ1) is 5.77. The molecule has 0 atom stereocenters. The molecule has 0 aliphatic carbocycles. The highest BCUT2D eigenvalue weighted by Gasteiger charge is 2.00. The van der Waals surface area contributed by atoms with Gasteiger partial charge in [0.2, 0.25) is 0 Å². The summed E-state index contributed by atoms with van der Waals surface area (Å²) in [7, 11) is 0. The fourth-order valence-corrected chi connectivity index (χ4v) is 1.33. The van der Waals surface area contributed by atoms with Crippen molar-refractivity contribution in [3.8, 4) is 0 Å². The predicted octanol–water partition coefficient (Wildman–Crippen LogP) is 2.94. The fourth-order valence-electron chi connectivity index (χ4n) is 0.973. The monoisotopic (exact) mass is 198 g/mol. The molecule has 0 saturated carbocycles. The number of hydrogen-bond donors (Lipinski definition) is 0. The molecule has 0 fully saturated rings. The Balaban J connectivity index is 2.86. The molecule has 0 amide bonds. The first kappa shape index (κ1) is 7.77. The van der Waals surface area contributed by atoms with Crippen LogP contribution in [0.15, 0.2) is 24.5 Å². The van der Waals surface area contributed by atoms with Crippen LogP contribution in [0.3, 0.4) is 0 Å². The highest BCUT2D eigenvalue weighted by Crippen LogP contribution is 2.20. The van der Waals surface area contributed by atoms with Gasteiger partial charge in [-0.15, -0.1) is 0 Å². The Labute approximate surface area is 79.2 Å². The van der Waals surface area contributed by atoms with Crippen LogP contribution >= 0.6 is 23.2 Å². The lowest BCUT2D eigenvalue weighted by atomic mass is 10.3. The van der Waals surface area contributed by atoms with Crippen molar-refractivity contribution in [1.82, 2.24) is 9.97 Å². The minimum absolute atomic E-state index is 0.567. The van der Waals surface area contributed by atoms with Gasteiger partial charge < -0.3 is 0 Å². The third-order valence-corrected chi connectivity index (χ3v) is 2.01. The van der Waals surface area contributed by atoms with Gasteiger partial charge in [-0.2, -0.15) is 0 Å². The predicted molar refractivity (Wildman–Crippen MR) is 49.6 cm³/mol. The van der Waals surface area contributed by atoms with Crippen LogP contribution in [0.4, 0.5) is 0 Å². The molecule has 2 heterocycles. The van der Waals surface area contributed by atoms with Crippen LogP contribution < -0.4 is 0 Å². The smallest absolute Gasteiger partial charge is 0.107 e. The lowest BCUT2D eigenvalue weighted by molar-refractivity contribution is 1.34. The summed E-state index contributed by atoms with van der Waals surface area (Å²) >= 11 is 11.6. The summed E-state index contributed by atoms with van der Waals surface area (Å²) in [6.07, 6.45) is 3.18. The van der Waals surface area contributed by atoms with Gasteiger partial charge in [0.05, 0.1) is 15.6 Å². The average molecular weight is 199 g/mol. The maximum Gasteiger partial charge on any atom is 0.107 e. The molecule has 0 N–H and O–H groups in total. The standard InChI is InChI=1S/C8H4Cl2N2/c9-5-3-7-8(12-4-5)6(10)1-2-11-7/h1-4H. The number of halogens is 2. The van der Waals surface area contributed by atoms with Gasteiger partial charge in [0.1, 0.15) is 5.52 Å². The van der Waals surface area contributed by atoms with E-state index in [2.05, 4.69) is 9.97 Å². The molecule has 60 valence electrons. The van der Waals surface area contributed by atoms with Crippen molar-refractivity contribution in [2.75, 3.05) is 0 Å². The van der Waals surface area contributed by atoms with E-state index in [1.165, 1.54) is 0 Å². The molecule has 0 radical (unpaired) electrons. The van der Waals surface area contributed by atoms with E-state index in [0.717, 1.165) is 5.52 Å². The van der Waals surface area contributed by atoms with Gasteiger partial charge >= 0.3 is 0 Å². The molecule has 0 saturated heterocycles. The second-order valence-electron chi connectivity index (χ2n) is 2.31. The molecule has 2 aromatic heterocycles. The topological polar surface area (TPSA) is 25.8 Å². The molecule has 2 nitrogen and oxygen atoms in total. The van der Waals surface area contributed by atoms with Gasteiger partial charge in [-0.25, -0.2) is 0 Å². The third-order valence-electron chi connectivity index (χ3n) is 1.49. The largest absolute Gasteiger partial charge is 0.254 e. The van der Waals surface area contributed by atoms with Crippen molar-refractivity contribution < 1.29 is 0 Å². The normalized spacial score (nSPS) is 10.5. The number of fused-ring (bicyclic) bond motifs is 1. The zero-order valence-electron chi connectivity index (χ0n) is 5.96. The quantitative estimate of drug-likeness (QED) is 0.651. The van der Waals surface area contributed by atoms with Crippen LogP contribution in [0.1, 0.15) is 0 Å². The summed E-state index contributed by atoms with van der Waals surface area (Å²) in [5, 5.41) is 1.16. The Hall–Kier alpha value is -0.860. The summed E-state index contributed by atoms with van der Waals surface area (Å²) in [6.45, 7) is 0. The van der Waals surface area contributed by atoms with Crippen molar-refractivity contribution >= 4 is 34.2 Å². The average Bonchev–Trinajstić information content (AvgIpc) is 2.04. The summed E-state index contributed by atoms with van der Waals surface area (Å²) in [6, 6.07) is 3.43.